The highest BCUT2D eigenvalue weighted by Gasteiger charge is 2.36. The van der Waals surface area contributed by atoms with Gasteiger partial charge in [-0.3, -0.25) is 9.69 Å². The normalized spacial score (nSPS) is 19.4. The maximum Gasteiger partial charge on any atom is 0.320 e. The van der Waals surface area contributed by atoms with E-state index in [0.29, 0.717) is 24.5 Å². The molecule has 2 aromatic rings. The number of piperidine rings is 1. The van der Waals surface area contributed by atoms with Crippen molar-refractivity contribution >= 4 is 5.97 Å². The molecular weight excluding hydrogens is 322 g/mol. The molecule has 1 aromatic carbocycles. The van der Waals surface area contributed by atoms with E-state index in [-0.39, 0.29) is 6.04 Å². The zero-order valence-corrected chi connectivity index (χ0v) is 14.5. The number of likely N-dealkylation sites (tertiary alicyclic amines) is 1. The lowest BCUT2D eigenvalue weighted by Crippen LogP contribution is -2.46. The van der Waals surface area contributed by atoms with E-state index < -0.39 is 12.0 Å². The van der Waals surface area contributed by atoms with Crippen molar-refractivity contribution in [3.63, 3.8) is 0 Å². The number of carbonyl (C=O) groups is 1. The third-order valence-electron chi connectivity index (χ3n) is 4.70. The van der Waals surface area contributed by atoms with E-state index in [1.54, 1.807) is 20.5 Å². The Balaban J connectivity index is 2.05. The molecular formula is C19H23NO5. The van der Waals surface area contributed by atoms with Crippen molar-refractivity contribution < 1.29 is 23.8 Å². The van der Waals surface area contributed by atoms with E-state index in [1.165, 1.54) is 0 Å². The highest BCUT2D eigenvalue weighted by molar-refractivity contribution is 5.73. The first-order chi connectivity index (χ1) is 12.2. The Morgan fingerprint density at radius 1 is 1.24 bits per heavy atom. The van der Waals surface area contributed by atoms with Gasteiger partial charge in [0.1, 0.15) is 11.8 Å². The lowest BCUT2D eigenvalue weighted by atomic mass is 9.94. The summed E-state index contributed by atoms with van der Waals surface area (Å²) in [4.78, 5) is 13.8. The van der Waals surface area contributed by atoms with Gasteiger partial charge in [-0.2, -0.15) is 0 Å². The molecule has 3 rings (SSSR count). The minimum Gasteiger partial charge on any atom is -0.493 e. The van der Waals surface area contributed by atoms with Gasteiger partial charge in [0, 0.05) is 6.54 Å². The van der Waals surface area contributed by atoms with E-state index in [4.69, 9.17) is 13.9 Å². The largest absolute Gasteiger partial charge is 0.493 e. The second-order valence-electron chi connectivity index (χ2n) is 6.12. The van der Waals surface area contributed by atoms with Crippen LogP contribution in [0, 0.1) is 0 Å². The summed E-state index contributed by atoms with van der Waals surface area (Å²) in [5, 5.41) is 9.67. The van der Waals surface area contributed by atoms with Crippen molar-refractivity contribution in [3.8, 4) is 11.5 Å². The molecule has 2 heterocycles. The van der Waals surface area contributed by atoms with Crippen LogP contribution in [0.4, 0.5) is 0 Å². The second kappa shape index (κ2) is 7.61. The van der Waals surface area contributed by atoms with E-state index in [9.17, 15) is 9.90 Å². The van der Waals surface area contributed by atoms with Crippen LogP contribution in [0.15, 0.2) is 41.0 Å². The number of rotatable bonds is 6. The van der Waals surface area contributed by atoms with Crippen LogP contribution in [0.2, 0.25) is 0 Å². The first kappa shape index (κ1) is 17.4. The predicted molar refractivity (Wildman–Crippen MR) is 92.1 cm³/mol. The number of hydrogen-bond acceptors (Lipinski definition) is 5. The fourth-order valence-corrected chi connectivity index (χ4v) is 3.52. The topological polar surface area (TPSA) is 72.1 Å². The summed E-state index contributed by atoms with van der Waals surface area (Å²) >= 11 is 0. The maximum absolute atomic E-state index is 11.8. The van der Waals surface area contributed by atoms with Crippen LogP contribution >= 0.6 is 0 Å². The molecule has 0 aliphatic carbocycles. The Bertz CT molecular complexity index is 713. The average molecular weight is 345 g/mol. The Morgan fingerprint density at radius 3 is 2.68 bits per heavy atom. The van der Waals surface area contributed by atoms with Gasteiger partial charge >= 0.3 is 5.97 Å². The van der Waals surface area contributed by atoms with Gasteiger partial charge in [0.05, 0.1) is 26.5 Å². The first-order valence-electron chi connectivity index (χ1n) is 8.39. The smallest absolute Gasteiger partial charge is 0.320 e. The highest BCUT2D eigenvalue weighted by atomic mass is 16.5. The Hall–Kier alpha value is -2.47. The molecule has 0 radical (unpaired) electrons. The van der Waals surface area contributed by atoms with Gasteiger partial charge in [-0.15, -0.1) is 0 Å². The summed E-state index contributed by atoms with van der Waals surface area (Å²) < 4.78 is 16.4. The molecule has 1 aliphatic rings. The quantitative estimate of drug-likeness (QED) is 0.866. The lowest BCUT2D eigenvalue weighted by Gasteiger charge is -2.38. The summed E-state index contributed by atoms with van der Waals surface area (Å²) in [6, 6.07) is 8.55. The van der Waals surface area contributed by atoms with Crippen LogP contribution < -0.4 is 9.47 Å². The molecule has 0 bridgehead atoms. The van der Waals surface area contributed by atoms with Gasteiger partial charge in [0.25, 0.3) is 0 Å². The third kappa shape index (κ3) is 3.49. The van der Waals surface area contributed by atoms with Crippen LogP contribution in [-0.2, 0) is 4.79 Å². The summed E-state index contributed by atoms with van der Waals surface area (Å²) in [6.07, 6.45) is 4.14. The number of benzene rings is 1. The molecule has 0 spiro atoms. The fourth-order valence-electron chi connectivity index (χ4n) is 3.52. The first-order valence-corrected chi connectivity index (χ1v) is 8.39. The maximum atomic E-state index is 11.8. The van der Waals surface area contributed by atoms with Gasteiger partial charge in [0.15, 0.2) is 11.5 Å². The summed E-state index contributed by atoms with van der Waals surface area (Å²) in [5.41, 5.74) is 0.917. The molecule has 6 nitrogen and oxygen atoms in total. The minimum absolute atomic E-state index is 0.281. The van der Waals surface area contributed by atoms with Crippen molar-refractivity contribution in [2.75, 3.05) is 20.8 Å². The van der Waals surface area contributed by atoms with Gasteiger partial charge < -0.3 is 19.0 Å². The molecule has 1 fully saturated rings. The van der Waals surface area contributed by atoms with Crippen molar-refractivity contribution in [1.82, 2.24) is 4.90 Å². The third-order valence-corrected chi connectivity index (χ3v) is 4.70. The van der Waals surface area contributed by atoms with Crippen LogP contribution in [0.3, 0.4) is 0 Å². The summed E-state index contributed by atoms with van der Waals surface area (Å²) in [6.45, 7) is 0.705. The standard InChI is InChI=1S/C19H23NO5/c1-23-15-9-8-13(12-17(15)24-2)18(16-7-5-11-25-16)20-10-4-3-6-14(20)19(21)22/h5,7-9,11-12,14,18H,3-4,6,10H2,1-2H3,(H,21,22). The molecule has 1 saturated heterocycles. The monoisotopic (exact) mass is 345 g/mol. The molecule has 2 unspecified atom stereocenters. The van der Waals surface area contributed by atoms with Crippen molar-refractivity contribution in [2.24, 2.45) is 0 Å². The second-order valence-corrected chi connectivity index (χ2v) is 6.12. The highest BCUT2D eigenvalue weighted by Crippen LogP contribution is 2.38. The Morgan fingerprint density at radius 2 is 2.04 bits per heavy atom. The van der Waals surface area contributed by atoms with Crippen molar-refractivity contribution in [3.05, 3.63) is 47.9 Å². The molecule has 2 atom stereocenters. The number of ether oxygens (including phenoxy) is 2. The van der Waals surface area contributed by atoms with Gasteiger partial charge in [-0.1, -0.05) is 12.5 Å². The number of carboxylic acids is 1. The average Bonchev–Trinajstić information content (AvgIpc) is 3.16. The van der Waals surface area contributed by atoms with Gasteiger partial charge in [0.2, 0.25) is 0 Å². The predicted octanol–water partition coefficient (Wildman–Crippen LogP) is 3.33. The van der Waals surface area contributed by atoms with E-state index >= 15 is 0 Å². The zero-order chi connectivity index (χ0) is 17.8. The fraction of sp³-hybridized carbons (Fsp3) is 0.421. The molecule has 1 N–H and O–H groups in total. The number of furan rings is 1. The van der Waals surface area contributed by atoms with Crippen molar-refractivity contribution in [2.45, 2.75) is 31.3 Å². The number of hydrogen-bond donors (Lipinski definition) is 1. The van der Waals surface area contributed by atoms with Gasteiger partial charge in [-0.05, 0) is 42.7 Å². The molecule has 0 amide bonds. The van der Waals surface area contributed by atoms with E-state index in [2.05, 4.69) is 0 Å². The van der Waals surface area contributed by atoms with Crippen LogP contribution in [0.5, 0.6) is 11.5 Å². The Labute approximate surface area is 147 Å². The minimum atomic E-state index is -0.795. The SMILES string of the molecule is COc1ccc(C(c2ccco2)N2CCCCC2C(=O)O)cc1OC. The zero-order valence-electron chi connectivity index (χ0n) is 14.5. The Kier molecular flexibility index (Phi) is 5.28. The number of nitrogens with zero attached hydrogens (tertiary/aromatic N) is 1. The molecule has 134 valence electrons. The number of carboxylic acid groups (broad SMARTS) is 1. The number of aliphatic carboxylic acids is 1. The van der Waals surface area contributed by atoms with Crippen LogP contribution in [-0.4, -0.2) is 42.8 Å². The van der Waals surface area contributed by atoms with Crippen LogP contribution in [0.1, 0.15) is 36.6 Å². The molecule has 1 aliphatic heterocycles. The molecule has 6 heteroatoms. The van der Waals surface area contributed by atoms with Gasteiger partial charge in [-0.25, -0.2) is 0 Å². The van der Waals surface area contributed by atoms with E-state index in [0.717, 1.165) is 24.2 Å². The molecule has 25 heavy (non-hydrogen) atoms. The summed E-state index contributed by atoms with van der Waals surface area (Å²) in [5.74, 6) is 1.18. The lowest BCUT2D eigenvalue weighted by molar-refractivity contribution is -0.145. The van der Waals surface area contributed by atoms with Crippen LogP contribution in [0.25, 0.3) is 0 Å². The van der Waals surface area contributed by atoms with Crippen molar-refractivity contribution in [1.29, 1.82) is 0 Å². The van der Waals surface area contributed by atoms with E-state index in [1.807, 2.05) is 35.2 Å². The molecule has 0 saturated carbocycles. The summed E-state index contributed by atoms with van der Waals surface area (Å²) in [7, 11) is 3.18. The number of methoxy groups -OCH3 is 2. The molecule has 1 aromatic heterocycles.